The van der Waals surface area contributed by atoms with E-state index < -0.39 is 29.1 Å². The van der Waals surface area contributed by atoms with Crippen molar-refractivity contribution in [2.45, 2.75) is 26.8 Å². The van der Waals surface area contributed by atoms with Crippen LogP contribution in [-0.2, 0) is 7.05 Å². The minimum absolute atomic E-state index is 0.110. The summed E-state index contributed by atoms with van der Waals surface area (Å²) >= 11 is 0. The minimum Gasteiger partial charge on any atom is -0.455 e. The third kappa shape index (κ3) is 3.87. The zero-order chi connectivity index (χ0) is 24.7. The van der Waals surface area contributed by atoms with Crippen molar-refractivity contribution in [1.82, 2.24) is 9.78 Å². The van der Waals surface area contributed by atoms with Gasteiger partial charge in [-0.1, -0.05) is 11.2 Å². The molecule has 1 atom stereocenters. The molecular weight excluding hydrogens is 444 g/mol. The highest BCUT2D eigenvalue weighted by Gasteiger charge is 2.22. The number of aromatic nitrogens is 2. The summed E-state index contributed by atoms with van der Waals surface area (Å²) in [6.45, 7) is 5.32. The number of hydrogen-bond donors (Lipinski definition) is 3. The van der Waals surface area contributed by atoms with E-state index in [1.165, 1.54) is 6.07 Å². The lowest BCUT2D eigenvalue weighted by Gasteiger charge is -2.20. The van der Waals surface area contributed by atoms with E-state index in [9.17, 15) is 13.6 Å². The third-order valence-corrected chi connectivity index (χ3v) is 5.66. The third-order valence-electron chi connectivity index (χ3n) is 5.66. The van der Waals surface area contributed by atoms with Crippen LogP contribution in [0, 0.1) is 25.5 Å². The molecule has 0 aliphatic carbocycles. The Morgan fingerprint density at radius 3 is 2.68 bits per heavy atom. The Morgan fingerprint density at radius 2 is 2.03 bits per heavy atom. The lowest BCUT2D eigenvalue weighted by Crippen LogP contribution is -2.20. The second-order valence-corrected chi connectivity index (χ2v) is 8.15. The molecule has 8 nitrogen and oxygen atoms in total. The Morgan fingerprint density at radius 1 is 1.29 bits per heavy atom. The van der Waals surface area contributed by atoms with Gasteiger partial charge >= 0.3 is 0 Å². The maximum atomic E-state index is 14.5. The molecule has 0 saturated carbocycles. The van der Waals surface area contributed by atoms with Crippen LogP contribution in [0.4, 0.5) is 14.5 Å². The van der Waals surface area contributed by atoms with Gasteiger partial charge < -0.3 is 20.7 Å². The van der Waals surface area contributed by atoms with Crippen LogP contribution < -0.4 is 16.5 Å². The quantitative estimate of drug-likeness (QED) is 0.174. The van der Waals surface area contributed by atoms with Crippen molar-refractivity contribution >= 4 is 22.5 Å². The average molecular weight is 467 g/mol. The second-order valence-electron chi connectivity index (χ2n) is 8.15. The van der Waals surface area contributed by atoms with Crippen LogP contribution >= 0.6 is 0 Å². The van der Waals surface area contributed by atoms with Crippen molar-refractivity contribution in [2.24, 2.45) is 17.9 Å². The number of nitrogens with zero attached hydrogens (tertiary/aromatic N) is 3. The number of nitrogens with one attached hydrogen (secondary N) is 1. The molecule has 10 heteroatoms. The van der Waals surface area contributed by atoms with E-state index in [0.717, 1.165) is 11.6 Å². The molecule has 2 aromatic heterocycles. The zero-order valence-corrected chi connectivity index (χ0v) is 19.0. The number of aryl methyl sites for hydroxylation is 2. The average Bonchev–Trinajstić information content (AvgIpc) is 3.24. The smallest absolute Gasteiger partial charge is 0.196 e. The Kier molecular flexibility index (Phi) is 5.82. The molecule has 0 aliphatic heterocycles. The van der Waals surface area contributed by atoms with E-state index >= 15 is 0 Å². The fourth-order valence-corrected chi connectivity index (χ4v) is 3.99. The summed E-state index contributed by atoms with van der Waals surface area (Å²) in [4.78, 5) is 13.2. The number of benzene rings is 2. The zero-order valence-electron chi connectivity index (χ0n) is 19.0. The summed E-state index contributed by atoms with van der Waals surface area (Å²) in [5, 5.41) is 19.5. The van der Waals surface area contributed by atoms with Crippen molar-refractivity contribution in [1.29, 1.82) is 0 Å². The van der Waals surface area contributed by atoms with Gasteiger partial charge in [0.25, 0.3) is 0 Å². The highest BCUT2D eigenvalue weighted by molar-refractivity contribution is 6.02. The van der Waals surface area contributed by atoms with Gasteiger partial charge in [0.15, 0.2) is 22.9 Å². The highest BCUT2D eigenvalue weighted by Crippen LogP contribution is 2.33. The van der Waals surface area contributed by atoms with Crippen LogP contribution in [-0.4, -0.2) is 20.8 Å². The number of amidine groups is 1. The van der Waals surface area contributed by atoms with E-state index in [1.807, 2.05) is 13.0 Å². The maximum absolute atomic E-state index is 14.5. The molecule has 2 aromatic carbocycles. The minimum atomic E-state index is -1.25. The number of anilines is 1. The van der Waals surface area contributed by atoms with Crippen LogP contribution in [0.15, 0.2) is 51.0 Å². The Bertz CT molecular complexity index is 1510. The monoisotopic (exact) mass is 467 g/mol. The van der Waals surface area contributed by atoms with Crippen molar-refractivity contribution in [3.63, 3.8) is 0 Å². The highest BCUT2D eigenvalue weighted by atomic mass is 19.2. The summed E-state index contributed by atoms with van der Waals surface area (Å²) in [7, 11) is 1.76. The predicted molar refractivity (Wildman–Crippen MR) is 125 cm³/mol. The Balaban J connectivity index is 1.89. The largest absolute Gasteiger partial charge is 0.455 e. The van der Waals surface area contributed by atoms with E-state index in [2.05, 4.69) is 15.6 Å². The molecule has 4 aromatic rings. The predicted octanol–water partition coefficient (Wildman–Crippen LogP) is 4.36. The van der Waals surface area contributed by atoms with Crippen molar-refractivity contribution in [3.05, 3.63) is 80.8 Å². The Hall–Kier alpha value is -4.21. The van der Waals surface area contributed by atoms with Gasteiger partial charge in [0.1, 0.15) is 11.3 Å². The number of hydrogen-bond acceptors (Lipinski definition) is 6. The van der Waals surface area contributed by atoms with E-state index in [0.29, 0.717) is 33.4 Å². The normalized spacial score (nSPS) is 12.8. The standard InChI is InChI=1S/C24H23F2N5O3/c1-11-7-15(13(3)29-18-6-5-17(25)20(26)19(18)24(27)30-33)23-16(8-11)21(32)12(2)22(34-23)14-9-28-31(4)10-14/h5-10,13,29,33H,1-4H3,(H2,27,30)/t13-/m1/s1. The second kappa shape index (κ2) is 8.62. The number of fused-ring (bicyclic) bond motifs is 1. The first kappa shape index (κ1) is 23.0. The molecular formula is C24H23F2N5O3. The van der Waals surface area contributed by atoms with Gasteiger partial charge in [-0.25, -0.2) is 8.78 Å². The van der Waals surface area contributed by atoms with Crippen molar-refractivity contribution in [2.75, 3.05) is 5.32 Å². The van der Waals surface area contributed by atoms with Crippen molar-refractivity contribution in [3.8, 4) is 11.3 Å². The van der Waals surface area contributed by atoms with Gasteiger partial charge in [-0.2, -0.15) is 5.10 Å². The lowest BCUT2D eigenvalue weighted by atomic mass is 9.99. The van der Waals surface area contributed by atoms with Crippen LogP contribution in [0.3, 0.4) is 0 Å². The summed E-state index contributed by atoms with van der Waals surface area (Å²) < 4.78 is 36.1. The molecule has 176 valence electrons. The first-order chi connectivity index (χ1) is 16.1. The lowest BCUT2D eigenvalue weighted by molar-refractivity contribution is 0.318. The number of nitrogens with two attached hydrogens (primary N) is 1. The topological polar surface area (TPSA) is 119 Å². The fraction of sp³-hybridized carbons (Fsp3) is 0.208. The Labute approximate surface area is 193 Å². The van der Waals surface area contributed by atoms with E-state index in [4.69, 9.17) is 15.4 Å². The van der Waals surface area contributed by atoms with Crippen LogP contribution in [0.1, 0.15) is 35.2 Å². The van der Waals surface area contributed by atoms with E-state index in [1.54, 1.807) is 44.0 Å². The molecule has 0 unspecified atom stereocenters. The molecule has 0 radical (unpaired) electrons. The van der Waals surface area contributed by atoms with Crippen molar-refractivity contribution < 1.29 is 18.4 Å². The summed E-state index contributed by atoms with van der Waals surface area (Å²) in [6.07, 6.45) is 3.36. The van der Waals surface area contributed by atoms with E-state index in [-0.39, 0.29) is 11.1 Å². The number of rotatable bonds is 5. The first-order valence-electron chi connectivity index (χ1n) is 10.4. The fourth-order valence-electron chi connectivity index (χ4n) is 3.99. The molecule has 0 bridgehead atoms. The molecule has 4 N–H and O–H groups in total. The number of oxime groups is 1. The van der Waals surface area contributed by atoms with Crippen LogP contribution in [0.2, 0.25) is 0 Å². The van der Waals surface area contributed by atoms with Gasteiger partial charge in [0.2, 0.25) is 0 Å². The molecule has 0 fully saturated rings. The SMILES string of the molecule is Cc1cc([C@@H](C)Nc2ccc(F)c(F)c2C(N)=NO)c2oc(-c3cnn(C)c3)c(C)c(=O)c2c1. The molecule has 2 heterocycles. The summed E-state index contributed by atoms with van der Waals surface area (Å²) in [5.41, 5.74) is 8.03. The maximum Gasteiger partial charge on any atom is 0.196 e. The first-order valence-corrected chi connectivity index (χ1v) is 10.4. The molecule has 0 aliphatic rings. The summed E-state index contributed by atoms with van der Waals surface area (Å²) in [5.74, 6) is -2.57. The molecule has 4 rings (SSSR count). The number of halogens is 2. The van der Waals surface area contributed by atoms with Gasteiger partial charge in [-0.15, -0.1) is 0 Å². The molecule has 0 amide bonds. The van der Waals surface area contributed by atoms with Gasteiger partial charge in [-0.05, 0) is 44.5 Å². The molecule has 0 spiro atoms. The molecule has 34 heavy (non-hydrogen) atoms. The van der Waals surface area contributed by atoms with Crippen LogP contribution in [0.25, 0.3) is 22.3 Å². The van der Waals surface area contributed by atoms with Gasteiger partial charge in [-0.3, -0.25) is 9.48 Å². The molecule has 0 saturated heterocycles. The summed E-state index contributed by atoms with van der Waals surface area (Å²) in [6, 6.07) is 5.29. The van der Waals surface area contributed by atoms with Gasteiger partial charge in [0, 0.05) is 30.1 Å². The van der Waals surface area contributed by atoms with Crippen LogP contribution in [0.5, 0.6) is 0 Å². The van der Waals surface area contributed by atoms with Gasteiger partial charge in [0.05, 0.1) is 28.8 Å².